The van der Waals surface area contributed by atoms with E-state index in [0.717, 1.165) is 4.31 Å². The molecule has 0 radical (unpaired) electrons. The van der Waals surface area contributed by atoms with Crippen LogP contribution in [0.4, 0.5) is 5.69 Å². The predicted octanol–water partition coefficient (Wildman–Crippen LogP) is 1.41. The van der Waals surface area contributed by atoms with E-state index in [1.165, 1.54) is 32.4 Å². The van der Waals surface area contributed by atoms with E-state index in [1.807, 2.05) is 0 Å². The number of nitrogens with zero attached hydrogens (tertiary/aromatic N) is 1. The molecule has 0 aliphatic heterocycles. The second-order valence-corrected chi connectivity index (χ2v) is 6.11. The average Bonchev–Trinajstić information content (AvgIpc) is 2.37. The Hall–Kier alpha value is -1.51. The second-order valence-electron chi connectivity index (χ2n) is 3.92. The van der Waals surface area contributed by atoms with Gasteiger partial charge >= 0.3 is 16.2 Å². The molecule has 0 aliphatic carbocycles. The van der Waals surface area contributed by atoms with Gasteiger partial charge in [-0.05, 0) is 12.1 Å². The van der Waals surface area contributed by atoms with Gasteiger partial charge in [-0.3, -0.25) is 9.52 Å². The molecule has 9 heteroatoms. The normalized spacial score (nSPS) is 11.4. The summed E-state index contributed by atoms with van der Waals surface area (Å²) in [4.78, 5) is 10.4. The van der Waals surface area contributed by atoms with Crippen molar-refractivity contribution in [3.63, 3.8) is 0 Å². The van der Waals surface area contributed by atoms with Crippen LogP contribution < -0.4 is 9.46 Å². The van der Waals surface area contributed by atoms with E-state index < -0.39 is 16.2 Å². The van der Waals surface area contributed by atoms with Crippen LogP contribution in [-0.4, -0.2) is 44.5 Å². The SMILES string of the molecule is COc1cc(NS(=O)(=O)N(C)CCC(=O)O)ccc1Cl. The highest BCUT2D eigenvalue weighted by Crippen LogP contribution is 2.27. The molecular formula is C11H15ClN2O5S. The van der Waals surface area contributed by atoms with Crippen molar-refractivity contribution in [2.24, 2.45) is 0 Å². The zero-order valence-corrected chi connectivity index (χ0v) is 12.5. The van der Waals surface area contributed by atoms with Crippen molar-refractivity contribution in [3.05, 3.63) is 23.2 Å². The Balaban J connectivity index is 2.82. The van der Waals surface area contributed by atoms with Crippen LogP contribution in [0.25, 0.3) is 0 Å². The smallest absolute Gasteiger partial charge is 0.304 e. The standard InChI is InChI=1S/C11H15ClN2O5S/c1-14(6-5-11(15)16)20(17,18)13-8-3-4-9(12)10(7-8)19-2/h3-4,7,13H,5-6H2,1-2H3,(H,15,16). The summed E-state index contributed by atoms with van der Waals surface area (Å²) in [5.74, 6) is -0.736. The summed E-state index contributed by atoms with van der Waals surface area (Å²) in [6.45, 7) is -0.130. The number of carboxylic acid groups (broad SMARTS) is 1. The Kier molecular flexibility index (Phi) is 5.61. The van der Waals surface area contributed by atoms with Crippen molar-refractivity contribution in [2.75, 3.05) is 25.4 Å². The summed E-state index contributed by atoms with van der Waals surface area (Å²) in [7, 11) is -1.12. The van der Waals surface area contributed by atoms with Gasteiger partial charge in [0.1, 0.15) is 5.75 Å². The van der Waals surface area contributed by atoms with Gasteiger partial charge in [0, 0.05) is 19.7 Å². The Morgan fingerprint density at radius 1 is 1.50 bits per heavy atom. The van der Waals surface area contributed by atoms with Crippen molar-refractivity contribution in [3.8, 4) is 5.75 Å². The van der Waals surface area contributed by atoms with E-state index in [1.54, 1.807) is 0 Å². The Morgan fingerprint density at radius 2 is 2.15 bits per heavy atom. The predicted molar refractivity (Wildman–Crippen MR) is 75.4 cm³/mol. The van der Waals surface area contributed by atoms with Crippen molar-refractivity contribution in [1.29, 1.82) is 0 Å². The molecule has 1 aromatic rings. The molecule has 0 bridgehead atoms. The van der Waals surface area contributed by atoms with Crippen molar-refractivity contribution in [1.82, 2.24) is 4.31 Å². The monoisotopic (exact) mass is 322 g/mol. The highest BCUT2D eigenvalue weighted by molar-refractivity contribution is 7.90. The molecule has 0 unspecified atom stereocenters. The maximum atomic E-state index is 11.9. The molecule has 112 valence electrons. The van der Waals surface area contributed by atoms with Crippen LogP contribution in [0.5, 0.6) is 5.75 Å². The van der Waals surface area contributed by atoms with Crippen LogP contribution in [-0.2, 0) is 15.0 Å². The van der Waals surface area contributed by atoms with Crippen molar-refractivity contribution >= 4 is 33.5 Å². The Bertz CT molecular complexity index is 590. The third-order valence-corrected chi connectivity index (χ3v) is 4.26. The molecule has 0 saturated heterocycles. The quantitative estimate of drug-likeness (QED) is 0.791. The molecule has 7 nitrogen and oxygen atoms in total. The number of aliphatic carboxylic acids is 1. The number of benzene rings is 1. The van der Waals surface area contributed by atoms with Crippen LogP contribution in [0.3, 0.4) is 0 Å². The first kappa shape index (κ1) is 16.5. The number of methoxy groups -OCH3 is 1. The molecule has 1 rings (SSSR count). The number of hydrogen-bond acceptors (Lipinski definition) is 4. The summed E-state index contributed by atoms with van der Waals surface area (Å²) in [6, 6.07) is 4.41. The van der Waals surface area contributed by atoms with Crippen molar-refractivity contribution < 1.29 is 23.1 Å². The average molecular weight is 323 g/mol. The van der Waals surface area contributed by atoms with Crippen molar-refractivity contribution in [2.45, 2.75) is 6.42 Å². The lowest BCUT2D eigenvalue weighted by atomic mass is 10.3. The summed E-state index contributed by atoms with van der Waals surface area (Å²) in [6.07, 6.45) is -0.276. The Morgan fingerprint density at radius 3 is 2.70 bits per heavy atom. The highest BCUT2D eigenvalue weighted by Gasteiger charge is 2.18. The van der Waals surface area contributed by atoms with Crippen LogP contribution in [0.15, 0.2) is 18.2 Å². The first-order chi connectivity index (χ1) is 9.26. The first-order valence-corrected chi connectivity index (χ1v) is 7.37. The van der Waals surface area contributed by atoms with E-state index in [-0.39, 0.29) is 18.7 Å². The maximum absolute atomic E-state index is 11.9. The molecule has 0 fully saturated rings. The van der Waals surface area contributed by atoms with Gasteiger partial charge in [0.05, 0.1) is 24.2 Å². The topological polar surface area (TPSA) is 95.9 Å². The van der Waals surface area contributed by atoms with E-state index in [2.05, 4.69) is 4.72 Å². The molecule has 20 heavy (non-hydrogen) atoms. The van der Waals surface area contributed by atoms with E-state index in [0.29, 0.717) is 10.8 Å². The number of hydrogen-bond donors (Lipinski definition) is 2. The zero-order valence-electron chi connectivity index (χ0n) is 11.0. The molecule has 0 heterocycles. The van der Waals surface area contributed by atoms with Gasteiger partial charge in [0.15, 0.2) is 0 Å². The molecule has 1 aromatic carbocycles. The van der Waals surface area contributed by atoms with Gasteiger partial charge in [-0.2, -0.15) is 12.7 Å². The number of anilines is 1. The number of rotatable bonds is 7. The molecule has 2 N–H and O–H groups in total. The second kappa shape index (κ2) is 6.78. The van der Waals surface area contributed by atoms with Gasteiger partial charge in [0.2, 0.25) is 0 Å². The van der Waals surface area contributed by atoms with E-state index in [4.69, 9.17) is 21.4 Å². The minimum Gasteiger partial charge on any atom is -0.495 e. The van der Waals surface area contributed by atoms with Gasteiger partial charge < -0.3 is 9.84 Å². The molecule has 0 aliphatic rings. The molecule has 0 amide bonds. The number of halogens is 1. The van der Waals surface area contributed by atoms with E-state index >= 15 is 0 Å². The lowest BCUT2D eigenvalue weighted by molar-refractivity contribution is -0.137. The lowest BCUT2D eigenvalue weighted by Crippen LogP contribution is -2.34. The maximum Gasteiger partial charge on any atom is 0.304 e. The number of carboxylic acids is 1. The fourth-order valence-electron chi connectivity index (χ4n) is 1.32. The number of ether oxygens (including phenoxy) is 1. The zero-order chi connectivity index (χ0) is 15.3. The first-order valence-electron chi connectivity index (χ1n) is 5.55. The lowest BCUT2D eigenvalue weighted by Gasteiger charge is -2.17. The van der Waals surface area contributed by atoms with Crippen LogP contribution in [0.1, 0.15) is 6.42 Å². The molecular weight excluding hydrogens is 308 g/mol. The van der Waals surface area contributed by atoms with Gasteiger partial charge in [-0.15, -0.1) is 0 Å². The summed E-state index contributed by atoms with van der Waals surface area (Å²) >= 11 is 5.84. The fourth-order valence-corrected chi connectivity index (χ4v) is 2.43. The molecule has 0 atom stereocenters. The molecule has 0 spiro atoms. The summed E-state index contributed by atoms with van der Waals surface area (Å²) < 4.78 is 32.1. The number of carbonyl (C=O) groups is 1. The third kappa shape index (κ3) is 4.55. The van der Waals surface area contributed by atoms with Gasteiger partial charge in [0.25, 0.3) is 0 Å². The minimum atomic E-state index is -3.83. The third-order valence-electron chi connectivity index (χ3n) is 2.45. The minimum absolute atomic E-state index is 0.130. The van der Waals surface area contributed by atoms with Crippen LogP contribution >= 0.6 is 11.6 Å². The Labute approximate surface area is 122 Å². The van der Waals surface area contributed by atoms with Gasteiger partial charge in [-0.1, -0.05) is 11.6 Å². The fraction of sp³-hybridized carbons (Fsp3) is 0.364. The van der Waals surface area contributed by atoms with Gasteiger partial charge in [-0.25, -0.2) is 0 Å². The molecule has 0 saturated carbocycles. The highest BCUT2D eigenvalue weighted by atomic mass is 35.5. The number of nitrogens with one attached hydrogen (secondary N) is 1. The molecule has 0 aromatic heterocycles. The van der Waals surface area contributed by atoms with E-state index in [9.17, 15) is 13.2 Å². The largest absolute Gasteiger partial charge is 0.495 e. The summed E-state index contributed by atoms with van der Waals surface area (Å²) in [5.41, 5.74) is 0.272. The summed E-state index contributed by atoms with van der Waals surface area (Å²) in [5, 5.41) is 8.90. The van der Waals surface area contributed by atoms with Crippen LogP contribution in [0, 0.1) is 0 Å². The van der Waals surface area contributed by atoms with Crippen LogP contribution in [0.2, 0.25) is 5.02 Å².